The van der Waals surface area contributed by atoms with Gasteiger partial charge in [0.2, 0.25) is 11.9 Å². The Balaban J connectivity index is 1.71. The molecular weight excluding hydrogens is 282 g/mol. The monoisotopic (exact) mass is 299 g/mol. The molecule has 2 aromatic rings. The van der Waals surface area contributed by atoms with Crippen LogP contribution in [0.5, 0.6) is 0 Å². The lowest BCUT2D eigenvalue weighted by molar-refractivity contribution is -0.123. The minimum atomic E-state index is -0.646. The van der Waals surface area contributed by atoms with Gasteiger partial charge in [0.1, 0.15) is 6.04 Å². The Hall–Kier alpha value is -2.70. The van der Waals surface area contributed by atoms with Crippen molar-refractivity contribution in [2.24, 2.45) is 0 Å². The number of nitrogens with zero attached hydrogens (tertiary/aromatic N) is 3. The van der Waals surface area contributed by atoms with E-state index in [1.807, 2.05) is 38.1 Å². The first kappa shape index (κ1) is 14.2. The van der Waals surface area contributed by atoms with Gasteiger partial charge < -0.3 is 5.32 Å². The van der Waals surface area contributed by atoms with Crippen molar-refractivity contribution in [3.05, 3.63) is 35.7 Å². The molecule has 2 amide bonds. The summed E-state index contributed by atoms with van der Waals surface area (Å²) in [7, 11) is 0. The zero-order chi connectivity index (χ0) is 15.7. The molecule has 1 aliphatic heterocycles. The largest absolute Gasteiger partial charge is 0.326 e. The lowest BCUT2D eigenvalue weighted by Gasteiger charge is -2.10. The summed E-state index contributed by atoms with van der Waals surface area (Å²) in [5, 5.41) is 9.71. The Morgan fingerprint density at radius 1 is 1.45 bits per heavy atom. The van der Waals surface area contributed by atoms with Crippen LogP contribution in [0, 0.1) is 6.92 Å². The van der Waals surface area contributed by atoms with Crippen molar-refractivity contribution in [2.75, 3.05) is 10.6 Å². The van der Waals surface area contributed by atoms with Gasteiger partial charge in [0.25, 0.3) is 5.91 Å². The molecule has 1 aromatic carbocycles. The van der Waals surface area contributed by atoms with Crippen LogP contribution >= 0.6 is 0 Å². The number of anilines is 2. The van der Waals surface area contributed by atoms with Crippen molar-refractivity contribution in [1.82, 2.24) is 14.8 Å². The van der Waals surface area contributed by atoms with Crippen LogP contribution in [0.4, 0.5) is 11.6 Å². The summed E-state index contributed by atoms with van der Waals surface area (Å²) >= 11 is 0. The molecule has 3 rings (SSSR count). The molecule has 7 heteroatoms. The minimum Gasteiger partial charge on any atom is -0.326 e. The van der Waals surface area contributed by atoms with E-state index in [1.54, 1.807) is 0 Å². The quantitative estimate of drug-likeness (QED) is 0.898. The average molecular weight is 299 g/mol. The number of rotatable bonds is 4. The van der Waals surface area contributed by atoms with E-state index in [1.165, 1.54) is 4.68 Å². The lowest BCUT2D eigenvalue weighted by atomic mass is 10.2. The summed E-state index contributed by atoms with van der Waals surface area (Å²) in [6.45, 7) is 3.89. The third-order valence-electron chi connectivity index (χ3n) is 3.50. The predicted octanol–water partition coefficient (Wildman–Crippen LogP) is 1.67. The number of carbonyl (C=O) groups is 2. The summed E-state index contributed by atoms with van der Waals surface area (Å²) in [6.07, 6.45) is 0.706. The Morgan fingerprint density at radius 2 is 2.27 bits per heavy atom. The predicted molar refractivity (Wildman–Crippen MR) is 81.5 cm³/mol. The fourth-order valence-corrected chi connectivity index (χ4v) is 2.41. The highest BCUT2D eigenvalue weighted by atomic mass is 16.2. The Morgan fingerprint density at radius 3 is 3.00 bits per heavy atom. The summed E-state index contributed by atoms with van der Waals surface area (Å²) in [6, 6.07) is 6.87. The van der Waals surface area contributed by atoms with Crippen molar-refractivity contribution in [1.29, 1.82) is 0 Å². The van der Waals surface area contributed by atoms with Gasteiger partial charge in [-0.1, -0.05) is 19.1 Å². The summed E-state index contributed by atoms with van der Waals surface area (Å²) in [5.74, 6) is 0.582. The zero-order valence-electron chi connectivity index (χ0n) is 12.5. The highest BCUT2D eigenvalue weighted by Gasteiger charge is 2.34. The van der Waals surface area contributed by atoms with Crippen molar-refractivity contribution >= 4 is 23.5 Å². The van der Waals surface area contributed by atoms with E-state index in [2.05, 4.69) is 20.7 Å². The molecule has 0 bridgehead atoms. The molecule has 7 nitrogen and oxygen atoms in total. The molecule has 0 saturated heterocycles. The highest BCUT2D eigenvalue weighted by molar-refractivity contribution is 6.00. The molecule has 1 aromatic heterocycles. The maximum atomic E-state index is 12.2. The molecule has 0 radical (unpaired) electrons. The van der Waals surface area contributed by atoms with E-state index in [-0.39, 0.29) is 18.2 Å². The summed E-state index contributed by atoms with van der Waals surface area (Å²) in [5.41, 5.74) is 1.78. The number of amides is 2. The molecule has 2 heterocycles. The zero-order valence-corrected chi connectivity index (χ0v) is 12.5. The van der Waals surface area contributed by atoms with Crippen LogP contribution in [0.25, 0.3) is 0 Å². The number of hydrogen-bond donors (Lipinski definition) is 2. The molecule has 114 valence electrons. The fraction of sp³-hybridized carbons (Fsp3) is 0.333. The maximum absolute atomic E-state index is 12.2. The van der Waals surface area contributed by atoms with E-state index in [0.717, 1.165) is 11.3 Å². The van der Waals surface area contributed by atoms with Gasteiger partial charge in [-0.25, -0.2) is 4.68 Å². The molecule has 22 heavy (non-hydrogen) atoms. The van der Waals surface area contributed by atoms with E-state index in [0.29, 0.717) is 18.2 Å². The number of fused-ring (bicyclic) bond motifs is 1. The normalized spacial score (nSPS) is 16.3. The van der Waals surface area contributed by atoms with Crippen LogP contribution in [-0.4, -0.2) is 26.6 Å². The van der Waals surface area contributed by atoms with Gasteiger partial charge in [-0.15, -0.1) is 0 Å². The van der Waals surface area contributed by atoms with Crippen LogP contribution in [-0.2, 0) is 16.0 Å². The number of aromatic nitrogens is 3. The number of carbonyl (C=O) groups excluding carboxylic acids is 2. The molecule has 2 N–H and O–H groups in total. The first-order valence-corrected chi connectivity index (χ1v) is 7.19. The maximum Gasteiger partial charge on any atom is 0.252 e. The Bertz CT molecular complexity index is 737. The van der Waals surface area contributed by atoms with Gasteiger partial charge in [-0.2, -0.15) is 10.1 Å². The average Bonchev–Trinajstić information content (AvgIpc) is 2.98. The minimum absolute atomic E-state index is 0.0271. The highest BCUT2D eigenvalue weighted by Crippen LogP contribution is 2.25. The Labute approximate surface area is 127 Å². The SMILES string of the molecule is CCc1nc2n(n1)[C@@H](CC(=O)Nc1cccc(C)c1)C(=O)N2. The second kappa shape index (κ2) is 5.59. The van der Waals surface area contributed by atoms with E-state index in [4.69, 9.17) is 0 Å². The van der Waals surface area contributed by atoms with Gasteiger partial charge in [0, 0.05) is 12.1 Å². The Kier molecular flexibility index (Phi) is 3.62. The van der Waals surface area contributed by atoms with E-state index >= 15 is 0 Å². The van der Waals surface area contributed by atoms with Crippen LogP contribution in [0.3, 0.4) is 0 Å². The second-order valence-corrected chi connectivity index (χ2v) is 5.28. The molecule has 1 aliphatic rings. The van der Waals surface area contributed by atoms with Crippen molar-refractivity contribution in [3.63, 3.8) is 0 Å². The molecular formula is C15H17N5O2. The molecule has 0 fully saturated rings. The van der Waals surface area contributed by atoms with E-state index < -0.39 is 6.04 Å². The lowest BCUT2D eigenvalue weighted by Crippen LogP contribution is -2.24. The van der Waals surface area contributed by atoms with Gasteiger partial charge in [0.05, 0.1) is 6.42 Å². The van der Waals surface area contributed by atoms with Gasteiger partial charge in [0.15, 0.2) is 5.82 Å². The molecule has 0 spiro atoms. The molecule has 0 saturated carbocycles. The topological polar surface area (TPSA) is 88.9 Å². The summed E-state index contributed by atoms with van der Waals surface area (Å²) < 4.78 is 1.50. The standard InChI is InChI=1S/C15H17N5O2/c1-3-12-17-15-18-14(22)11(20(15)19-12)8-13(21)16-10-6-4-5-9(2)7-10/h4-7,11H,3,8H2,1-2H3,(H,16,21)(H,17,18,19,22)/t11-/m0/s1. The molecule has 0 aliphatic carbocycles. The van der Waals surface area contributed by atoms with E-state index in [9.17, 15) is 9.59 Å². The second-order valence-electron chi connectivity index (χ2n) is 5.28. The number of hydrogen-bond acceptors (Lipinski definition) is 4. The van der Waals surface area contributed by atoms with Gasteiger partial charge in [-0.05, 0) is 24.6 Å². The van der Waals surface area contributed by atoms with Crippen LogP contribution in [0.2, 0.25) is 0 Å². The first-order chi connectivity index (χ1) is 10.6. The number of benzene rings is 1. The van der Waals surface area contributed by atoms with Gasteiger partial charge >= 0.3 is 0 Å². The van der Waals surface area contributed by atoms with Crippen LogP contribution in [0.1, 0.15) is 30.8 Å². The third-order valence-corrected chi connectivity index (χ3v) is 3.50. The van der Waals surface area contributed by atoms with Crippen LogP contribution < -0.4 is 10.6 Å². The van der Waals surface area contributed by atoms with Crippen molar-refractivity contribution in [3.8, 4) is 0 Å². The third kappa shape index (κ3) is 2.69. The smallest absolute Gasteiger partial charge is 0.252 e. The fourth-order valence-electron chi connectivity index (χ4n) is 2.41. The van der Waals surface area contributed by atoms with Crippen LogP contribution in [0.15, 0.2) is 24.3 Å². The number of aryl methyl sites for hydroxylation is 2. The van der Waals surface area contributed by atoms with Gasteiger partial charge in [-0.3, -0.25) is 14.9 Å². The number of nitrogens with one attached hydrogen (secondary N) is 2. The molecule has 0 unspecified atom stereocenters. The van der Waals surface area contributed by atoms with Crippen molar-refractivity contribution < 1.29 is 9.59 Å². The molecule has 1 atom stereocenters. The summed E-state index contributed by atoms with van der Waals surface area (Å²) in [4.78, 5) is 28.3. The first-order valence-electron chi connectivity index (χ1n) is 7.19. The van der Waals surface area contributed by atoms with Crippen molar-refractivity contribution in [2.45, 2.75) is 32.7 Å².